The van der Waals surface area contributed by atoms with Crippen molar-refractivity contribution in [3.05, 3.63) is 59.6 Å². The average Bonchev–Trinajstić information content (AvgIpc) is 3.31. The molecule has 9 nitrogen and oxygen atoms in total. The van der Waals surface area contributed by atoms with Crippen molar-refractivity contribution in [2.45, 2.75) is 32.5 Å². The highest BCUT2D eigenvalue weighted by atomic mass is 19.1. The normalized spacial score (nSPS) is 16.3. The van der Waals surface area contributed by atoms with Gasteiger partial charge in [0, 0.05) is 19.2 Å². The van der Waals surface area contributed by atoms with E-state index < -0.39 is 23.6 Å². The maximum Gasteiger partial charge on any atom is 0.291 e. The maximum atomic E-state index is 13.8. The zero-order chi connectivity index (χ0) is 21.4. The standard InChI is InChI=1S/C19H19F2N7O2/c1-11-18-26(2)19(30)15(6-7-27(18)9-22-11)24-17(29)16-23-10-28(25-16)8-12-13(20)4-3-5-14(12)21/h3-5,9-10,15H,6-8H2,1-2H3,(H,24,29). The smallest absolute Gasteiger partial charge is 0.291 e. The summed E-state index contributed by atoms with van der Waals surface area (Å²) in [6.45, 7) is 2.10. The van der Waals surface area contributed by atoms with Crippen molar-refractivity contribution in [3.8, 4) is 0 Å². The lowest BCUT2D eigenvalue weighted by molar-refractivity contribution is -0.120. The van der Waals surface area contributed by atoms with E-state index in [1.807, 2.05) is 11.5 Å². The van der Waals surface area contributed by atoms with Gasteiger partial charge in [-0.2, -0.15) is 0 Å². The minimum atomic E-state index is -0.766. The van der Waals surface area contributed by atoms with Gasteiger partial charge in [-0.3, -0.25) is 14.5 Å². The Morgan fingerprint density at radius 2 is 1.97 bits per heavy atom. The van der Waals surface area contributed by atoms with Gasteiger partial charge < -0.3 is 9.88 Å². The molecule has 1 N–H and O–H groups in total. The topological polar surface area (TPSA) is 97.9 Å². The van der Waals surface area contributed by atoms with Crippen molar-refractivity contribution >= 4 is 17.6 Å². The van der Waals surface area contributed by atoms with Gasteiger partial charge in [-0.15, -0.1) is 5.10 Å². The van der Waals surface area contributed by atoms with Crippen molar-refractivity contribution in [2.24, 2.45) is 0 Å². The molecule has 0 radical (unpaired) electrons. The SMILES string of the molecule is Cc1ncn2c1N(C)C(=O)C(NC(=O)c1ncn(Cc3c(F)cccc3F)n1)CC2. The molecular formula is C19H19F2N7O2. The predicted octanol–water partition coefficient (Wildman–Crippen LogP) is 1.27. The molecule has 0 spiro atoms. The van der Waals surface area contributed by atoms with Gasteiger partial charge in [-0.25, -0.2) is 23.4 Å². The van der Waals surface area contributed by atoms with E-state index >= 15 is 0 Å². The number of carbonyl (C=O) groups is 2. The number of imidazole rings is 1. The Kier molecular flexibility index (Phi) is 5.02. The van der Waals surface area contributed by atoms with Gasteiger partial charge in [0.15, 0.2) is 0 Å². The number of fused-ring (bicyclic) bond motifs is 1. The molecule has 4 rings (SSSR count). The predicted molar refractivity (Wildman–Crippen MR) is 102 cm³/mol. The van der Waals surface area contributed by atoms with E-state index in [1.54, 1.807) is 13.4 Å². The summed E-state index contributed by atoms with van der Waals surface area (Å²) >= 11 is 0. The molecule has 0 bridgehead atoms. The lowest BCUT2D eigenvalue weighted by atomic mass is 10.2. The van der Waals surface area contributed by atoms with Crippen LogP contribution in [0.1, 0.15) is 28.3 Å². The summed E-state index contributed by atoms with van der Waals surface area (Å²) in [5.41, 5.74) is 0.541. The molecule has 11 heteroatoms. The van der Waals surface area contributed by atoms with Crippen LogP contribution in [0.2, 0.25) is 0 Å². The molecule has 1 unspecified atom stereocenters. The molecular weight excluding hydrogens is 396 g/mol. The second-order valence-corrected chi connectivity index (χ2v) is 7.02. The largest absolute Gasteiger partial charge is 0.337 e. The summed E-state index contributed by atoms with van der Waals surface area (Å²) in [5, 5.41) is 6.63. The van der Waals surface area contributed by atoms with Gasteiger partial charge in [-0.1, -0.05) is 6.07 Å². The molecule has 3 heterocycles. The number of nitrogens with one attached hydrogen (secondary N) is 1. The number of aromatic nitrogens is 5. The van der Waals surface area contributed by atoms with Crippen LogP contribution in [0.4, 0.5) is 14.6 Å². The molecule has 1 atom stereocenters. The highest BCUT2D eigenvalue weighted by Gasteiger charge is 2.31. The number of anilines is 1. The number of carbonyl (C=O) groups excluding carboxylic acids is 2. The van der Waals surface area contributed by atoms with Crippen LogP contribution >= 0.6 is 0 Å². The summed E-state index contributed by atoms with van der Waals surface area (Å²) in [6.07, 6.45) is 3.24. The average molecular weight is 415 g/mol. The summed E-state index contributed by atoms with van der Waals surface area (Å²) < 4.78 is 30.6. The fraction of sp³-hybridized carbons (Fsp3) is 0.316. The molecule has 3 aromatic rings. The van der Waals surface area contributed by atoms with E-state index in [9.17, 15) is 18.4 Å². The van der Waals surface area contributed by atoms with Crippen LogP contribution in [0.15, 0.2) is 30.9 Å². The molecule has 0 aliphatic carbocycles. The Hall–Kier alpha value is -3.63. The third kappa shape index (κ3) is 3.53. The zero-order valence-electron chi connectivity index (χ0n) is 16.3. The Bertz CT molecular complexity index is 1100. The van der Waals surface area contributed by atoms with Gasteiger partial charge in [0.1, 0.15) is 29.8 Å². The van der Waals surface area contributed by atoms with Crippen LogP contribution in [-0.4, -0.2) is 49.2 Å². The molecule has 1 aromatic carbocycles. The molecule has 0 saturated heterocycles. The Labute approximate surface area is 170 Å². The van der Waals surface area contributed by atoms with Crippen molar-refractivity contribution in [3.63, 3.8) is 0 Å². The van der Waals surface area contributed by atoms with Crippen LogP contribution in [0.25, 0.3) is 0 Å². The number of benzene rings is 1. The minimum absolute atomic E-state index is 0.180. The van der Waals surface area contributed by atoms with E-state index in [1.165, 1.54) is 17.3 Å². The Morgan fingerprint density at radius 3 is 2.70 bits per heavy atom. The van der Waals surface area contributed by atoms with Crippen molar-refractivity contribution in [1.29, 1.82) is 0 Å². The van der Waals surface area contributed by atoms with Crippen LogP contribution in [0.5, 0.6) is 0 Å². The minimum Gasteiger partial charge on any atom is -0.337 e. The fourth-order valence-electron chi connectivity index (χ4n) is 3.48. The number of aryl methyl sites for hydroxylation is 2. The Balaban J connectivity index is 1.47. The number of hydrogen-bond donors (Lipinski definition) is 1. The molecule has 0 saturated carbocycles. The highest BCUT2D eigenvalue weighted by Crippen LogP contribution is 2.23. The van der Waals surface area contributed by atoms with E-state index in [0.29, 0.717) is 18.8 Å². The molecule has 2 amide bonds. The lowest BCUT2D eigenvalue weighted by Crippen LogP contribution is -2.47. The molecule has 0 fully saturated rings. The third-order valence-corrected chi connectivity index (χ3v) is 5.02. The number of likely N-dealkylation sites (N-methyl/N-ethyl adjacent to an activating group) is 1. The first-order valence-corrected chi connectivity index (χ1v) is 9.27. The Morgan fingerprint density at radius 1 is 1.23 bits per heavy atom. The van der Waals surface area contributed by atoms with Crippen LogP contribution < -0.4 is 10.2 Å². The fourth-order valence-corrected chi connectivity index (χ4v) is 3.48. The molecule has 30 heavy (non-hydrogen) atoms. The monoisotopic (exact) mass is 415 g/mol. The quantitative estimate of drug-likeness (QED) is 0.692. The summed E-state index contributed by atoms with van der Waals surface area (Å²) in [6, 6.07) is 2.79. The second-order valence-electron chi connectivity index (χ2n) is 7.02. The zero-order valence-corrected chi connectivity index (χ0v) is 16.3. The third-order valence-electron chi connectivity index (χ3n) is 5.02. The van der Waals surface area contributed by atoms with Crippen LogP contribution in [0.3, 0.4) is 0 Å². The molecule has 1 aliphatic rings. The van der Waals surface area contributed by atoms with Gasteiger partial charge in [0.25, 0.3) is 11.8 Å². The van der Waals surface area contributed by atoms with Gasteiger partial charge >= 0.3 is 0 Å². The number of hydrogen-bond acceptors (Lipinski definition) is 5. The number of halogens is 2. The number of nitrogens with zero attached hydrogens (tertiary/aromatic N) is 6. The first kappa shape index (κ1) is 19.7. The second kappa shape index (κ2) is 7.65. The summed E-state index contributed by atoms with van der Waals surface area (Å²) in [5.74, 6) is -1.85. The number of amides is 2. The summed E-state index contributed by atoms with van der Waals surface area (Å²) in [4.78, 5) is 34.9. The molecule has 156 valence electrons. The van der Waals surface area contributed by atoms with Crippen molar-refractivity contribution < 1.29 is 18.4 Å². The van der Waals surface area contributed by atoms with Gasteiger partial charge in [0.05, 0.1) is 18.6 Å². The van der Waals surface area contributed by atoms with E-state index in [2.05, 4.69) is 20.4 Å². The van der Waals surface area contributed by atoms with E-state index in [0.717, 1.165) is 22.5 Å². The van der Waals surface area contributed by atoms with Crippen molar-refractivity contribution in [2.75, 3.05) is 11.9 Å². The first-order chi connectivity index (χ1) is 14.3. The summed E-state index contributed by atoms with van der Waals surface area (Å²) in [7, 11) is 1.63. The van der Waals surface area contributed by atoms with Gasteiger partial charge in [-0.05, 0) is 25.5 Å². The van der Waals surface area contributed by atoms with Crippen LogP contribution in [0, 0.1) is 18.6 Å². The highest BCUT2D eigenvalue weighted by molar-refractivity contribution is 6.01. The molecule has 1 aliphatic heterocycles. The van der Waals surface area contributed by atoms with Crippen LogP contribution in [-0.2, 0) is 17.9 Å². The van der Waals surface area contributed by atoms with E-state index in [-0.39, 0.29) is 23.8 Å². The van der Waals surface area contributed by atoms with Crippen molar-refractivity contribution in [1.82, 2.24) is 29.6 Å². The van der Waals surface area contributed by atoms with Gasteiger partial charge in [0.2, 0.25) is 5.82 Å². The maximum absolute atomic E-state index is 13.8. The lowest BCUT2D eigenvalue weighted by Gasteiger charge is -2.20. The number of rotatable bonds is 4. The molecule has 2 aromatic heterocycles. The first-order valence-electron chi connectivity index (χ1n) is 9.27. The van der Waals surface area contributed by atoms with E-state index in [4.69, 9.17) is 0 Å².